The molecule has 0 spiro atoms. The van der Waals surface area contributed by atoms with E-state index in [0.29, 0.717) is 6.54 Å². The summed E-state index contributed by atoms with van der Waals surface area (Å²) >= 11 is 0. The molecule has 2 heterocycles. The first kappa shape index (κ1) is 11.8. The Balaban J connectivity index is 1.87. The van der Waals surface area contributed by atoms with Crippen molar-refractivity contribution >= 4 is 0 Å². The Hall–Kier alpha value is -1.69. The molecule has 0 aromatic carbocycles. The zero-order valence-electron chi connectivity index (χ0n) is 10.1. The average molecular weight is 234 g/mol. The van der Waals surface area contributed by atoms with Crippen molar-refractivity contribution in [3.8, 4) is 0 Å². The summed E-state index contributed by atoms with van der Waals surface area (Å²) < 4.78 is 3.88. The third kappa shape index (κ3) is 3.13. The topological polar surface area (TPSA) is 74.5 Å². The van der Waals surface area contributed by atoms with Crippen molar-refractivity contribution in [2.75, 3.05) is 6.54 Å². The molecule has 2 aromatic rings. The Bertz CT molecular complexity index is 458. The van der Waals surface area contributed by atoms with Crippen molar-refractivity contribution in [1.82, 2.24) is 24.5 Å². The van der Waals surface area contributed by atoms with Gasteiger partial charge in [0.2, 0.25) is 0 Å². The van der Waals surface area contributed by atoms with Crippen LogP contribution >= 0.6 is 0 Å². The zero-order chi connectivity index (χ0) is 12.1. The highest BCUT2D eigenvalue weighted by atomic mass is 15.4. The van der Waals surface area contributed by atoms with Gasteiger partial charge in [-0.2, -0.15) is 0 Å². The van der Waals surface area contributed by atoms with E-state index in [1.165, 1.54) is 0 Å². The normalized spacial score (nSPS) is 10.9. The number of aromatic nitrogens is 5. The number of nitrogens with zero attached hydrogens (tertiary/aromatic N) is 5. The van der Waals surface area contributed by atoms with Crippen molar-refractivity contribution in [2.45, 2.75) is 25.8 Å². The van der Waals surface area contributed by atoms with Gasteiger partial charge in [0.05, 0.1) is 5.69 Å². The van der Waals surface area contributed by atoms with Gasteiger partial charge in [0.15, 0.2) is 0 Å². The Labute approximate surface area is 100 Å². The van der Waals surface area contributed by atoms with Gasteiger partial charge in [0.1, 0.15) is 5.82 Å². The first-order valence-corrected chi connectivity index (χ1v) is 5.85. The maximum atomic E-state index is 5.46. The second kappa shape index (κ2) is 5.58. The molecule has 2 N–H and O–H groups in total. The molecule has 92 valence electrons. The number of imidazole rings is 1. The molecular formula is C11H18N6. The van der Waals surface area contributed by atoms with E-state index >= 15 is 0 Å². The first-order chi connectivity index (χ1) is 8.29. The molecule has 0 fully saturated rings. The number of aryl methyl sites for hydroxylation is 4. The summed E-state index contributed by atoms with van der Waals surface area (Å²) in [7, 11) is 2.00. The Morgan fingerprint density at radius 2 is 2.24 bits per heavy atom. The highest BCUT2D eigenvalue weighted by Gasteiger charge is 2.03. The standard InChI is InChI=1S/C11H18N6/c1-16-8-6-13-11(16)4-7-17-9-10(14-15-17)3-2-5-12/h6,8-9H,2-5,7,12H2,1H3. The first-order valence-electron chi connectivity index (χ1n) is 5.85. The van der Waals surface area contributed by atoms with Crippen molar-refractivity contribution < 1.29 is 0 Å². The molecule has 0 aliphatic heterocycles. The van der Waals surface area contributed by atoms with Crippen LogP contribution in [0.4, 0.5) is 0 Å². The van der Waals surface area contributed by atoms with Gasteiger partial charge < -0.3 is 10.3 Å². The monoisotopic (exact) mass is 234 g/mol. The van der Waals surface area contributed by atoms with Crippen molar-refractivity contribution in [2.24, 2.45) is 12.8 Å². The fourth-order valence-corrected chi connectivity index (χ4v) is 1.70. The summed E-state index contributed by atoms with van der Waals surface area (Å²) in [5, 5.41) is 8.19. The summed E-state index contributed by atoms with van der Waals surface area (Å²) in [4.78, 5) is 4.27. The van der Waals surface area contributed by atoms with Crippen molar-refractivity contribution in [1.29, 1.82) is 0 Å². The number of hydrogen-bond acceptors (Lipinski definition) is 4. The summed E-state index contributed by atoms with van der Waals surface area (Å²) in [6.07, 6.45) is 8.46. The van der Waals surface area contributed by atoms with Gasteiger partial charge in [-0.15, -0.1) is 5.10 Å². The van der Waals surface area contributed by atoms with Gasteiger partial charge in [-0.1, -0.05) is 5.21 Å². The van der Waals surface area contributed by atoms with Crippen LogP contribution < -0.4 is 5.73 Å². The van der Waals surface area contributed by atoms with E-state index in [4.69, 9.17) is 5.73 Å². The minimum absolute atomic E-state index is 0.695. The van der Waals surface area contributed by atoms with E-state index in [-0.39, 0.29) is 0 Å². The van der Waals surface area contributed by atoms with Crippen LogP contribution in [0.15, 0.2) is 18.6 Å². The molecule has 0 atom stereocenters. The van der Waals surface area contributed by atoms with Gasteiger partial charge in [-0.25, -0.2) is 4.98 Å². The lowest BCUT2D eigenvalue weighted by Crippen LogP contribution is -2.06. The molecule has 0 radical (unpaired) electrons. The molecule has 2 aromatic heterocycles. The van der Waals surface area contributed by atoms with E-state index in [1.807, 2.05) is 34.9 Å². The molecule has 0 bridgehead atoms. The summed E-state index contributed by atoms with van der Waals surface area (Å²) in [6.45, 7) is 1.50. The highest BCUT2D eigenvalue weighted by molar-refractivity contribution is 4.94. The molecule has 17 heavy (non-hydrogen) atoms. The van der Waals surface area contributed by atoms with Crippen LogP contribution in [0.2, 0.25) is 0 Å². The third-order valence-electron chi connectivity index (χ3n) is 2.71. The SMILES string of the molecule is Cn1ccnc1CCn1cc(CCCN)nn1. The van der Waals surface area contributed by atoms with E-state index in [2.05, 4.69) is 15.3 Å². The molecule has 6 nitrogen and oxygen atoms in total. The van der Waals surface area contributed by atoms with Gasteiger partial charge in [0, 0.05) is 38.6 Å². The predicted molar refractivity (Wildman–Crippen MR) is 64.3 cm³/mol. The van der Waals surface area contributed by atoms with E-state index < -0.39 is 0 Å². The Morgan fingerprint density at radius 1 is 1.35 bits per heavy atom. The summed E-state index contributed by atoms with van der Waals surface area (Å²) in [5.74, 6) is 1.06. The van der Waals surface area contributed by atoms with E-state index in [0.717, 1.165) is 37.3 Å². The van der Waals surface area contributed by atoms with Gasteiger partial charge in [-0.3, -0.25) is 4.68 Å². The van der Waals surface area contributed by atoms with Crippen LogP contribution in [0.1, 0.15) is 17.9 Å². The number of rotatable bonds is 6. The molecule has 0 aliphatic rings. The second-order valence-electron chi connectivity index (χ2n) is 4.07. The van der Waals surface area contributed by atoms with Crippen molar-refractivity contribution in [3.63, 3.8) is 0 Å². The summed E-state index contributed by atoms with van der Waals surface area (Å²) in [6, 6.07) is 0. The molecule has 0 saturated carbocycles. The van der Waals surface area contributed by atoms with E-state index in [1.54, 1.807) is 0 Å². The Morgan fingerprint density at radius 3 is 2.94 bits per heavy atom. The van der Waals surface area contributed by atoms with Crippen molar-refractivity contribution in [3.05, 3.63) is 30.1 Å². The quantitative estimate of drug-likeness (QED) is 0.771. The highest BCUT2D eigenvalue weighted by Crippen LogP contribution is 2.00. The van der Waals surface area contributed by atoms with E-state index in [9.17, 15) is 0 Å². The molecule has 0 aliphatic carbocycles. The minimum Gasteiger partial charge on any atom is -0.338 e. The average Bonchev–Trinajstić information content (AvgIpc) is 2.93. The largest absolute Gasteiger partial charge is 0.338 e. The minimum atomic E-state index is 0.695. The van der Waals surface area contributed by atoms with Gasteiger partial charge in [-0.05, 0) is 19.4 Å². The molecule has 0 amide bonds. The number of nitrogens with two attached hydrogens (primary N) is 1. The third-order valence-corrected chi connectivity index (χ3v) is 2.71. The van der Waals surface area contributed by atoms with Crippen LogP contribution in [-0.4, -0.2) is 31.1 Å². The lowest BCUT2D eigenvalue weighted by atomic mass is 10.2. The fraction of sp³-hybridized carbons (Fsp3) is 0.545. The van der Waals surface area contributed by atoms with Crippen LogP contribution in [0, 0.1) is 0 Å². The molecular weight excluding hydrogens is 216 g/mol. The molecule has 0 unspecified atom stereocenters. The van der Waals surface area contributed by atoms with Crippen LogP contribution in [0.3, 0.4) is 0 Å². The van der Waals surface area contributed by atoms with Crippen LogP contribution in [0.25, 0.3) is 0 Å². The van der Waals surface area contributed by atoms with Crippen LogP contribution in [0.5, 0.6) is 0 Å². The lowest BCUT2D eigenvalue weighted by molar-refractivity contribution is 0.569. The zero-order valence-corrected chi connectivity index (χ0v) is 10.1. The summed E-state index contributed by atoms with van der Waals surface area (Å²) in [5.41, 5.74) is 6.47. The molecule has 2 rings (SSSR count). The molecule has 6 heteroatoms. The predicted octanol–water partition coefficient (Wildman–Crippen LogP) is 0.146. The Kier molecular flexibility index (Phi) is 3.87. The van der Waals surface area contributed by atoms with Gasteiger partial charge >= 0.3 is 0 Å². The maximum absolute atomic E-state index is 5.46. The maximum Gasteiger partial charge on any atom is 0.110 e. The molecule has 0 saturated heterocycles. The number of hydrogen-bond donors (Lipinski definition) is 1. The van der Waals surface area contributed by atoms with Crippen LogP contribution in [-0.2, 0) is 26.4 Å². The fourth-order valence-electron chi connectivity index (χ4n) is 1.70. The smallest absolute Gasteiger partial charge is 0.110 e. The second-order valence-corrected chi connectivity index (χ2v) is 4.07. The van der Waals surface area contributed by atoms with Gasteiger partial charge in [0.25, 0.3) is 0 Å². The lowest BCUT2D eigenvalue weighted by Gasteiger charge is -2.01.